The van der Waals surface area contributed by atoms with Crippen LogP contribution in [0.1, 0.15) is 21.7 Å². The van der Waals surface area contributed by atoms with Gasteiger partial charge in [-0.25, -0.2) is 10.1 Å². The fourth-order valence-corrected chi connectivity index (χ4v) is 2.32. The molecule has 1 amide bonds. The molecular formula is C14H12N8O4. The van der Waals surface area contributed by atoms with E-state index < -0.39 is 5.91 Å². The summed E-state index contributed by atoms with van der Waals surface area (Å²) in [6.45, 7) is 1.80. The van der Waals surface area contributed by atoms with Crippen LogP contribution in [0.15, 0.2) is 27.9 Å². The Hall–Kier alpha value is -3.96. The molecule has 26 heavy (non-hydrogen) atoms. The summed E-state index contributed by atoms with van der Waals surface area (Å²) in [6.07, 6.45) is 1.47. The first-order chi connectivity index (χ1) is 12.6. The van der Waals surface area contributed by atoms with E-state index in [1.165, 1.54) is 6.21 Å². The van der Waals surface area contributed by atoms with Gasteiger partial charge in [-0.2, -0.15) is 9.78 Å². The summed E-state index contributed by atoms with van der Waals surface area (Å²) < 4.78 is 16.2. The zero-order chi connectivity index (χ0) is 18.1. The molecule has 1 aliphatic rings. The average molecular weight is 356 g/mol. The van der Waals surface area contributed by atoms with E-state index in [1.54, 1.807) is 25.1 Å². The van der Waals surface area contributed by atoms with E-state index >= 15 is 0 Å². The van der Waals surface area contributed by atoms with Gasteiger partial charge in [0.05, 0.1) is 11.9 Å². The molecule has 12 heteroatoms. The third-order valence-corrected chi connectivity index (χ3v) is 3.53. The molecule has 3 N–H and O–H groups in total. The van der Waals surface area contributed by atoms with Gasteiger partial charge in [0.15, 0.2) is 17.2 Å². The van der Waals surface area contributed by atoms with Crippen molar-refractivity contribution in [2.45, 2.75) is 6.92 Å². The fraction of sp³-hybridized carbons (Fsp3) is 0.143. The summed E-state index contributed by atoms with van der Waals surface area (Å²) in [5.41, 5.74) is 9.23. The monoisotopic (exact) mass is 356 g/mol. The Labute approximate surface area is 145 Å². The summed E-state index contributed by atoms with van der Waals surface area (Å²) in [6, 6.07) is 5.29. The number of aryl methyl sites for hydroxylation is 1. The minimum atomic E-state index is -0.549. The van der Waals surface area contributed by atoms with Crippen LogP contribution < -0.4 is 20.6 Å². The van der Waals surface area contributed by atoms with Crippen molar-refractivity contribution >= 4 is 17.9 Å². The fourth-order valence-electron chi connectivity index (χ4n) is 2.32. The van der Waals surface area contributed by atoms with Gasteiger partial charge >= 0.3 is 0 Å². The summed E-state index contributed by atoms with van der Waals surface area (Å²) in [5.74, 6) is 0.776. The smallest absolute Gasteiger partial charge is 0.292 e. The maximum Gasteiger partial charge on any atom is 0.292 e. The van der Waals surface area contributed by atoms with E-state index in [1.807, 2.05) is 0 Å². The quantitative estimate of drug-likeness (QED) is 0.486. The number of nitrogens with one attached hydrogen (secondary N) is 1. The molecule has 0 fully saturated rings. The Morgan fingerprint density at radius 1 is 1.35 bits per heavy atom. The van der Waals surface area contributed by atoms with Crippen LogP contribution in [0.4, 0.5) is 5.82 Å². The predicted molar refractivity (Wildman–Crippen MR) is 86.0 cm³/mol. The number of nitrogens with zero attached hydrogens (tertiary/aromatic N) is 6. The highest BCUT2D eigenvalue weighted by atomic mass is 16.7. The molecule has 0 unspecified atom stereocenters. The summed E-state index contributed by atoms with van der Waals surface area (Å²) in [5, 5.41) is 18.7. The Balaban J connectivity index is 1.52. The number of rotatable bonds is 4. The minimum absolute atomic E-state index is 0.0205. The van der Waals surface area contributed by atoms with Crippen LogP contribution in [0.5, 0.6) is 11.5 Å². The number of amides is 1. The molecular weight excluding hydrogens is 344 g/mol. The lowest BCUT2D eigenvalue weighted by molar-refractivity contribution is 0.0946. The number of nitrogen functional groups attached to an aromatic ring is 1. The number of ether oxygens (including phenoxy) is 2. The summed E-state index contributed by atoms with van der Waals surface area (Å²) in [7, 11) is 0. The number of fused-ring (bicyclic) bond motifs is 1. The van der Waals surface area contributed by atoms with Gasteiger partial charge in [-0.15, -0.1) is 5.10 Å². The molecule has 0 aliphatic carbocycles. The van der Waals surface area contributed by atoms with Gasteiger partial charge in [-0.05, 0) is 41.0 Å². The largest absolute Gasteiger partial charge is 0.454 e. The zero-order valence-corrected chi connectivity index (χ0v) is 13.4. The lowest BCUT2D eigenvalue weighted by atomic mass is 10.2. The van der Waals surface area contributed by atoms with Crippen LogP contribution in [0, 0.1) is 6.92 Å². The number of hydrogen-bond donors (Lipinski definition) is 2. The maximum atomic E-state index is 12.4. The molecule has 3 aromatic rings. The van der Waals surface area contributed by atoms with E-state index in [0.29, 0.717) is 17.2 Å². The SMILES string of the molecule is Cc1nnn(-c2nonc2N)c1C(=O)NN=Cc1ccc2c(c1)OCO2. The Morgan fingerprint density at radius 3 is 3.00 bits per heavy atom. The number of benzene rings is 1. The van der Waals surface area contributed by atoms with Crippen molar-refractivity contribution < 1.29 is 18.9 Å². The van der Waals surface area contributed by atoms with Crippen LogP contribution in [-0.4, -0.2) is 44.2 Å². The van der Waals surface area contributed by atoms with Crippen molar-refractivity contribution in [2.24, 2.45) is 5.10 Å². The molecule has 1 aliphatic heterocycles. The molecule has 0 saturated heterocycles. The molecule has 0 atom stereocenters. The highest BCUT2D eigenvalue weighted by Gasteiger charge is 2.22. The van der Waals surface area contributed by atoms with Crippen LogP contribution in [-0.2, 0) is 0 Å². The number of nitrogens with two attached hydrogens (primary N) is 1. The molecule has 4 rings (SSSR count). The number of carbonyl (C=O) groups excluding carboxylic acids is 1. The van der Waals surface area contributed by atoms with Crippen molar-refractivity contribution in [3.8, 4) is 17.3 Å². The van der Waals surface area contributed by atoms with Gasteiger partial charge < -0.3 is 15.2 Å². The van der Waals surface area contributed by atoms with Crippen LogP contribution in [0.2, 0.25) is 0 Å². The van der Waals surface area contributed by atoms with E-state index in [4.69, 9.17) is 15.2 Å². The third-order valence-electron chi connectivity index (χ3n) is 3.53. The van der Waals surface area contributed by atoms with Gasteiger partial charge in [0.2, 0.25) is 18.4 Å². The first-order valence-electron chi connectivity index (χ1n) is 7.37. The second-order valence-electron chi connectivity index (χ2n) is 5.22. The van der Waals surface area contributed by atoms with Crippen LogP contribution in [0.3, 0.4) is 0 Å². The number of anilines is 1. The van der Waals surface area contributed by atoms with Gasteiger partial charge in [0.1, 0.15) is 0 Å². The molecule has 1 aromatic carbocycles. The first-order valence-corrected chi connectivity index (χ1v) is 7.37. The third kappa shape index (κ3) is 2.68. The molecule has 12 nitrogen and oxygen atoms in total. The van der Waals surface area contributed by atoms with Crippen molar-refractivity contribution in [2.75, 3.05) is 12.5 Å². The average Bonchev–Trinajstić information content (AvgIpc) is 3.33. The molecule has 3 heterocycles. The lowest BCUT2D eigenvalue weighted by Gasteiger charge is -2.02. The van der Waals surface area contributed by atoms with Crippen molar-refractivity contribution in [1.82, 2.24) is 30.7 Å². The second kappa shape index (κ2) is 6.16. The predicted octanol–water partition coefficient (Wildman–Crippen LogP) is 0.0335. The summed E-state index contributed by atoms with van der Waals surface area (Å²) >= 11 is 0. The van der Waals surface area contributed by atoms with Gasteiger partial charge in [-0.1, -0.05) is 5.21 Å². The number of carbonyl (C=O) groups is 1. The highest BCUT2D eigenvalue weighted by Crippen LogP contribution is 2.31. The molecule has 0 radical (unpaired) electrons. The Kier molecular flexibility index (Phi) is 3.69. The highest BCUT2D eigenvalue weighted by molar-refractivity contribution is 5.94. The Morgan fingerprint density at radius 2 is 2.19 bits per heavy atom. The van der Waals surface area contributed by atoms with Crippen molar-refractivity contribution in [3.63, 3.8) is 0 Å². The van der Waals surface area contributed by atoms with Gasteiger partial charge in [0, 0.05) is 0 Å². The van der Waals surface area contributed by atoms with Crippen molar-refractivity contribution in [3.05, 3.63) is 35.2 Å². The zero-order valence-electron chi connectivity index (χ0n) is 13.4. The van der Waals surface area contributed by atoms with Gasteiger partial charge in [0.25, 0.3) is 5.91 Å². The van der Waals surface area contributed by atoms with E-state index in [2.05, 4.69) is 35.8 Å². The van der Waals surface area contributed by atoms with Crippen LogP contribution in [0.25, 0.3) is 5.82 Å². The molecule has 0 saturated carbocycles. The molecule has 0 spiro atoms. The minimum Gasteiger partial charge on any atom is -0.454 e. The topological polar surface area (TPSA) is 156 Å². The Bertz CT molecular complexity index is 1010. The van der Waals surface area contributed by atoms with Gasteiger partial charge in [-0.3, -0.25) is 4.79 Å². The first kappa shape index (κ1) is 15.6. The maximum absolute atomic E-state index is 12.4. The number of hydrazone groups is 1. The van der Waals surface area contributed by atoms with Crippen LogP contribution >= 0.6 is 0 Å². The molecule has 132 valence electrons. The lowest BCUT2D eigenvalue weighted by Crippen LogP contribution is -2.22. The number of hydrogen-bond acceptors (Lipinski definition) is 10. The van der Waals surface area contributed by atoms with E-state index in [9.17, 15) is 4.79 Å². The summed E-state index contributed by atoms with van der Waals surface area (Å²) in [4.78, 5) is 12.4. The normalized spacial score (nSPS) is 12.7. The molecule has 0 bridgehead atoms. The second-order valence-corrected chi connectivity index (χ2v) is 5.22. The standard InChI is InChI=1S/C14H12N8O4/c1-7-11(22(21-17-7)13-12(15)19-26-20-13)14(23)18-16-5-8-2-3-9-10(4-8)25-6-24-9/h2-5H,6H2,1H3,(H2,15,19)(H,18,23). The van der Waals surface area contributed by atoms with E-state index in [0.717, 1.165) is 10.2 Å². The number of aromatic nitrogens is 5. The van der Waals surface area contributed by atoms with E-state index in [-0.39, 0.29) is 24.1 Å². The van der Waals surface area contributed by atoms with Crippen molar-refractivity contribution in [1.29, 1.82) is 0 Å². The molecule has 2 aromatic heterocycles.